The fourth-order valence-corrected chi connectivity index (χ4v) is 4.28. The lowest BCUT2D eigenvalue weighted by Gasteiger charge is -2.40. The molecule has 0 amide bonds. The predicted molar refractivity (Wildman–Crippen MR) is 105 cm³/mol. The van der Waals surface area contributed by atoms with Crippen LogP contribution in [-0.2, 0) is 11.3 Å². The maximum atomic E-state index is 6.25. The Labute approximate surface area is 164 Å². The SMILES string of the molecule is Nc1ccnc(N2CCOC3(CCN(Cc4ccc5c(c4)OCCO5)C3)C2)n1. The first-order valence-corrected chi connectivity index (χ1v) is 9.78. The highest BCUT2D eigenvalue weighted by molar-refractivity contribution is 5.44. The normalized spacial score (nSPS) is 24.6. The standard InChI is InChI=1S/C20H25N5O3/c21-18-3-5-22-19(23-18)25-7-8-28-20(14-25)4-6-24(13-20)12-15-1-2-16-17(11-15)27-10-9-26-16/h1-3,5,11H,4,6-10,12-14H2,(H2,21,22,23). The van der Waals surface area contributed by atoms with Gasteiger partial charge in [0, 0.05) is 32.4 Å². The van der Waals surface area contributed by atoms with Crippen molar-refractivity contribution >= 4 is 11.8 Å². The zero-order chi connectivity index (χ0) is 19.0. The van der Waals surface area contributed by atoms with Crippen molar-refractivity contribution in [1.82, 2.24) is 14.9 Å². The Balaban J connectivity index is 1.26. The molecule has 8 nitrogen and oxygen atoms in total. The van der Waals surface area contributed by atoms with E-state index in [-0.39, 0.29) is 5.60 Å². The summed E-state index contributed by atoms with van der Waals surface area (Å²) in [6, 6.07) is 7.93. The maximum absolute atomic E-state index is 6.25. The van der Waals surface area contributed by atoms with E-state index in [9.17, 15) is 0 Å². The number of anilines is 2. The van der Waals surface area contributed by atoms with Crippen LogP contribution in [0.25, 0.3) is 0 Å². The van der Waals surface area contributed by atoms with Gasteiger partial charge in [0.1, 0.15) is 19.0 Å². The molecular formula is C20H25N5O3. The molecule has 3 aliphatic heterocycles. The lowest BCUT2D eigenvalue weighted by Crippen LogP contribution is -2.53. The van der Waals surface area contributed by atoms with Crippen molar-refractivity contribution in [1.29, 1.82) is 0 Å². The molecule has 4 heterocycles. The predicted octanol–water partition coefficient (Wildman–Crippen LogP) is 1.31. The molecule has 0 aliphatic carbocycles. The number of nitrogens with two attached hydrogens (primary N) is 1. The van der Waals surface area contributed by atoms with Crippen LogP contribution in [0.4, 0.5) is 11.8 Å². The van der Waals surface area contributed by atoms with Crippen LogP contribution in [0.5, 0.6) is 11.5 Å². The minimum Gasteiger partial charge on any atom is -0.486 e. The first-order chi connectivity index (χ1) is 13.7. The molecule has 2 fully saturated rings. The minimum atomic E-state index is -0.181. The summed E-state index contributed by atoms with van der Waals surface area (Å²) < 4.78 is 17.6. The van der Waals surface area contributed by atoms with Gasteiger partial charge in [-0.15, -0.1) is 0 Å². The molecule has 0 radical (unpaired) electrons. The molecule has 1 atom stereocenters. The van der Waals surface area contributed by atoms with Crippen LogP contribution >= 0.6 is 0 Å². The summed E-state index contributed by atoms with van der Waals surface area (Å²) in [6.07, 6.45) is 2.71. The Kier molecular flexibility index (Phi) is 4.44. The molecule has 2 saturated heterocycles. The summed E-state index contributed by atoms with van der Waals surface area (Å²) in [7, 11) is 0. The fraction of sp³-hybridized carbons (Fsp3) is 0.500. The molecule has 5 rings (SSSR count). The highest BCUT2D eigenvalue weighted by Gasteiger charge is 2.43. The van der Waals surface area contributed by atoms with Crippen molar-refractivity contribution < 1.29 is 14.2 Å². The fourth-order valence-electron chi connectivity index (χ4n) is 4.28. The summed E-state index contributed by atoms with van der Waals surface area (Å²) in [5.74, 6) is 2.86. The third-order valence-corrected chi connectivity index (χ3v) is 5.60. The van der Waals surface area contributed by atoms with Gasteiger partial charge in [0.05, 0.1) is 18.8 Å². The average Bonchev–Trinajstić information content (AvgIpc) is 3.09. The van der Waals surface area contributed by atoms with Gasteiger partial charge in [-0.2, -0.15) is 4.98 Å². The highest BCUT2D eigenvalue weighted by atomic mass is 16.6. The summed E-state index contributed by atoms with van der Waals surface area (Å²) >= 11 is 0. The molecule has 28 heavy (non-hydrogen) atoms. The Morgan fingerprint density at radius 3 is 2.82 bits per heavy atom. The Hall–Kier alpha value is -2.58. The lowest BCUT2D eigenvalue weighted by atomic mass is 10.0. The molecule has 1 aromatic heterocycles. The number of aromatic nitrogens is 2. The number of likely N-dealkylation sites (tertiary alicyclic amines) is 1. The van der Waals surface area contributed by atoms with Crippen LogP contribution in [0.15, 0.2) is 30.5 Å². The molecular weight excluding hydrogens is 358 g/mol. The number of morpholine rings is 1. The number of nitrogen functional groups attached to an aromatic ring is 1. The van der Waals surface area contributed by atoms with Gasteiger partial charge in [0.15, 0.2) is 11.5 Å². The first-order valence-electron chi connectivity index (χ1n) is 9.78. The Bertz CT molecular complexity index is 863. The monoisotopic (exact) mass is 383 g/mol. The third kappa shape index (κ3) is 3.45. The second-order valence-corrected chi connectivity index (χ2v) is 7.67. The molecule has 0 bridgehead atoms. The third-order valence-electron chi connectivity index (χ3n) is 5.60. The van der Waals surface area contributed by atoms with Gasteiger partial charge < -0.3 is 24.8 Å². The summed E-state index contributed by atoms with van der Waals surface area (Å²) in [5, 5.41) is 0. The van der Waals surface area contributed by atoms with Gasteiger partial charge >= 0.3 is 0 Å². The van der Waals surface area contributed by atoms with Crippen molar-refractivity contribution in [3.05, 3.63) is 36.0 Å². The van der Waals surface area contributed by atoms with E-state index in [1.165, 1.54) is 5.56 Å². The van der Waals surface area contributed by atoms with E-state index in [2.05, 4.69) is 31.9 Å². The molecule has 2 N–H and O–H groups in total. The van der Waals surface area contributed by atoms with Gasteiger partial charge in [-0.1, -0.05) is 6.07 Å². The van der Waals surface area contributed by atoms with E-state index in [4.69, 9.17) is 19.9 Å². The molecule has 8 heteroatoms. The smallest absolute Gasteiger partial charge is 0.227 e. The van der Waals surface area contributed by atoms with Crippen molar-refractivity contribution in [2.45, 2.75) is 18.6 Å². The molecule has 0 saturated carbocycles. The van der Waals surface area contributed by atoms with Crippen LogP contribution in [0.1, 0.15) is 12.0 Å². The second-order valence-electron chi connectivity index (χ2n) is 7.67. The van der Waals surface area contributed by atoms with Gasteiger partial charge in [-0.25, -0.2) is 4.98 Å². The van der Waals surface area contributed by atoms with Crippen LogP contribution in [0.3, 0.4) is 0 Å². The van der Waals surface area contributed by atoms with E-state index >= 15 is 0 Å². The number of fused-ring (bicyclic) bond motifs is 1. The topological polar surface area (TPSA) is 86.0 Å². The largest absolute Gasteiger partial charge is 0.486 e. The zero-order valence-electron chi connectivity index (χ0n) is 15.8. The summed E-state index contributed by atoms with van der Waals surface area (Å²) in [5.41, 5.74) is 6.88. The number of hydrogen-bond acceptors (Lipinski definition) is 8. The second kappa shape index (κ2) is 7.10. The van der Waals surface area contributed by atoms with E-state index in [0.29, 0.717) is 31.6 Å². The number of ether oxygens (including phenoxy) is 3. The van der Waals surface area contributed by atoms with Gasteiger partial charge in [0.2, 0.25) is 5.95 Å². The quantitative estimate of drug-likeness (QED) is 0.849. The zero-order valence-corrected chi connectivity index (χ0v) is 15.8. The molecule has 148 valence electrons. The van der Waals surface area contributed by atoms with E-state index in [1.807, 2.05) is 6.07 Å². The van der Waals surface area contributed by atoms with E-state index in [0.717, 1.165) is 50.6 Å². The van der Waals surface area contributed by atoms with E-state index < -0.39 is 0 Å². The minimum absolute atomic E-state index is 0.181. The Morgan fingerprint density at radius 1 is 1.04 bits per heavy atom. The van der Waals surface area contributed by atoms with Crippen molar-refractivity contribution in [2.24, 2.45) is 0 Å². The van der Waals surface area contributed by atoms with Gasteiger partial charge in [0.25, 0.3) is 0 Å². The van der Waals surface area contributed by atoms with Crippen LogP contribution < -0.4 is 20.1 Å². The van der Waals surface area contributed by atoms with E-state index in [1.54, 1.807) is 12.3 Å². The number of nitrogens with zero attached hydrogens (tertiary/aromatic N) is 4. The Morgan fingerprint density at radius 2 is 1.93 bits per heavy atom. The summed E-state index contributed by atoms with van der Waals surface area (Å²) in [4.78, 5) is 13.4. The molecule has 1 aromatic carbocycles. The maximum Gasteiger partial charge on any atom is 0.227 e. The number of benzene rings is 1. The van der Waals surface area contributed by atoms with Crippen LogP contribution in [-0.4, -0.2) is 66.5 Å². The molecule has 2 aromatic rings. The van der Waals surface area contributed by atoms with Crippen LogP contribution in [0, 0.1) is 0 Å². The summed E-state index contributed by atoms with van der Waals surface area (Å²) in [6.45, 7) is 6.24. The highest BCUT2D eigenvalue weighted by Crippen LogP contribution is 2.34. The van der Waals surface area contributed by atoms with Gasteiger partial charge in [-0.3, -0.25) is 4.90 Å². The van der Waals surface area contributed by atoms with Gasteiger partial charge in [-0.05, 0) is 30.2 Å². The molecule has 1 spiro atoms. The number of rotatable bonds is 3. The first kappa shape index (κ1) is 17.5. The number of hydrogen-bond donors (Lipinski definition) is 1. The molecule has 3 aliphatic rings. The lowest BCUT2D eigenvalue weighted by molar-refractivity contribution is -0.0478. The van der Waals surface area contributed by atoms with Crippen LogP contribution in [0.2, 0.25) is 0 Å². The molecule has 1 unspecified atom stereocenters. The van der Waals surface area contributed by atoms with Crippen molar-refractivity contribution in [3.8, 4) is 11.5 Å². The average molecular weight is 383 g/mol. The van der Waals surface area contributed by atoms with Crippen molar-refractivity contribution in [3.63, 3.8) is 0 Å². The van der Waals surface area contributed by atoms with Crippen molar-refractivity contribution in [2.75, 3.05) is 56.6 Å².